The summed E-state index contributed by atoms with van der Waals surface area (Å²) in [6.45, 7) is 4.01. The van der Waals surface area contributed by atoms with E-state index >= 15 is 0 Å². The molecule has 0 radical (unpaired) electrons. The summed E-state index contributed by atoms with van der Waals surface area (Å²) >= 11 is 0. The van der Waals surface area contributed by atoms with Gasteiger partial charge >= 0.3 is 0 Å². The zero-order chi connectivity index (χ0) is 14.1. The van der Waals surface area contributed by atoms with Crippen LogP contribution in [0.4, 0.5) is 5.82 Å². The number of hydrogen-bond donors (Lipinski definition) is 1. The molecule has 1 N–H and O–H groups in total. The van der Waals surface area contributed by atoms with Crippen LogP contribution in [0.15, 0.2) is 24.3 Å². The van der Waals surface area contributed by atoms with Gasteiger partial charge in [0, 0.05) is 19.6 Å². The summed E-state index contributed by atoms with van der Waals surface area (Å²) in [6, 6.07) is 8.01. The minimum atomic E-state index is 0.210. The van der Waals surface area contributed by atoms with E-state index in [-0.39, 0.29) is 6.10 Å². The lowest BCUT2D eigenvalue weighted by atomic mass is 10.3. The maximum atomic E-state index is 6.15. The lowest BCUT2D eigenvalue weighted by Gasteiger charge is -2.21. The molecule has 1 unspecified atom stereocenters. The van der Waals surface area contributed by atoms with Crippen LogP contribution in [0, 0.1) is 0 Å². The molecule has 110 valence electrons. The van der Waals surface area contributed by atoms with Crippen molar-refractivity contribution in [1.82, 2.24) is 15.3 Å². The molecule has 0 aliphatic carbocycles. The molecule has 1 atom stereocenters. The summed E-state index contributed by atoms with van der Waals surface area (Å²) in [7, 11) is 0. The smallest absolute Gasteiger partial charge is 0.258 e. The normalized spacial score (nSPS) is 22.1. The van der Waals surface area contributed by atoms with Gasteiger partial charge in [0.25, 0.3) is 5.88 Å². The molecule has 2 aliphatic heterocycles. The minimum Gasteiger partial charge on any atom is -0.470 e. The van der Waals surface area contributed by atoms with Crippen molar-refractivity contribution in [3.63, 3.8) is 0 Å². The van der Waals surface area contributed by atoms with Gasteiger partial charge in [-0.2, -0.15) is 0 Å². The van der Waals surface area contributed by atoms with Crippen molar-refractivity contribution in [3.8, 4) is 5.88 Å². The average molecular weight is 284 g/mol. The molecule has 4 rings (SSSR count). The molecule has 0 spiro atoms. The van der Waals surface area contributed by atoms with Gasteiger partial charge in [-0.1, -0.05) is 12.1 Å². The van der Waals surface area contributed by atoms with Gasteiger partial charge in [0.2, 0.25) is 0 Å². The summed E-state index contributed by atoms with van der Waals surface area (Å²) in [5.74, 6) is 1.61. The molecule has 2 fully saturated rings. The second-order valence-electron chi connectivity index (χ2n) is 5.77. The zero-order valence-corrected chi connectivity index (χ0v) is 12.1. The fraction of sp³-hybridized carbons (Fsp3) is 0.500. The Morgan fingerprint density at radius 3 is 2.57 bits per heavy atom. The zero-order valence-electron chi connectivity index (χ0n) is 12.1. The number of rotatable bonds is 3. The first kappa shape index (κ1) is 12.8. The first-order valence-corrected chi connectivity index (χ1v) is 7.79. The van der Waals surface area contributed by atoms with Gasteiger partial charge in [-0.05, 0) is 37.9 Å². The third-order valence-corrected chi connectivity index (χ3v) is 4.22. The van der Waals surface area contributed by atoms with Crippen molar-refractivity contribution < 1.29 is 4.74 Å². The molecule has 2 aliphatic rings. The first-order chi connectivity index (χ1) is 10.4. The van der Waals surface area contributed by atoms with E-state index in [0.29, 0.717) is 5.88 Å². The predicted octanol–water partition coefficient (Wildman–Crippen LogP) is 1.97. The summed E-state index contributed by atoms with van der Waals surface area (Å²) in [4.78, 5) is 11.8. The largest absolute Gasteiger partial charge is 0.470 e. The molecule has 5 heteroatoms. The highest BCUT2D eigenvalue weighted by Crippen LogP contribution is 2.30. The molecule has 21 heavy (non-hydrogen) atoms. The molecule has 0 saturated carbocycles. The Morgan fingerprint density at radius 1 is 1.10 bits per heavy atom. The van der Waals surface area contributed by atoms with Crippen molar-refractivity contribution in [1.29, 1.82) is 0 Å². The van der Waals surface area contributed by atoms with Crippen LogP contribution in [0.2, 0.25) is 0 Å². The number of aromatic nitrogens is 2. The molecule has 1 aromatic heterocycles. The lowest BCUT2D eigenvalue weighted by Crippen LogP contribution is -2.24. The molecule has 0 amide bonds. The Hall–Kier alpha value is -1.88. The van der Waals surface area contributed by atoms with E-state index < -0.39 is 0 Å². The fourth-order valence-electron chi connectivity index (χ4n) is 3.08. The number of fused-ring (bicyclic) bond motifs is 1. The van der Waals surface area contributed by atoms with Crippen LogP contribution in [0.25, 0.3) is 11.0 Å². The van der Waals surface area contributed by atoms with Crippen LogP contribution < -0.4 is 15.0 Å². The van der Waals surface area contributed by atoms with E-state index in [1.165, 1.54) is 12.8 Å². The SMILES string of the molecule is c1ccc2nc(N3CCCC3)c(OC3CCNC3)nc2c1. The molecular weight excluding hydrogens is 264 g/mol. The van der Waals surface area contributed by atoms with Crippen LogP contribution in [0.3, 0.4) is 0 Å². The van der Waals surface area contributed by atoms with Crippen molar-refractivity contribution in [2.75, 3.05) is 31.1 Å². The third kappa shape index (κ3) is 2.53. The van der Waals surface area contributed by atoms with Crippen LogP contribution >= 0.6 is 0 Å². The third-order valence-electron chi connectivity index (χ3n) is 4.22. The maximum absolute atomic E-state index is 6.15. The van der Waals surface area contributed by atoms with Gasteiger partial charge < -0.3 is 15.0 Å². The lowest BCUT2D eigenvalue weighted by molar-refractivity contribution is 0.214. The highest BCUT2D eigenvalue weighted by atomic mass is 16.5. The van der Waals surface area contributed by atoms with Gasteiger partial charge in [0.05, 0.1) is 11.0 Å². The molecule has 1 aromatic carbocycles. The van der Waals surface area contributed by atoms with E-state index in [0.717, 1.165) is 49.5 Å². The van der Waals surface area contributed by atoms with E-state index in [2.05, 4.69) is 10.2 Å². The van der Waals surface area contributed by atoms with Gasteiger partial charge in [-0.25, -0.2) is 9.97 Å². The molecule has 5 nitrogen and oxygen atoms in total. The van der Waals surface area contributed by atoms with E-state index in [9.17, 15) is 0 Å². The number of nitrogens with zero attached hydrogens (tertiary/aromatic N) is 3. The van der Waals surface area contributed by atoms with Crippen molar-refractivity contribution in [2.24, 2.45) is 0 Å². The number of ether oxygens (including phenoxy) is 1. The second kappa shape index (κ2) is 5.48. The topological polar surface area (TPSA) is 50.3 Å². The summed E-state index contributed by atoms with van der Waals surface area (Å²) in [6.07, 6.45) is 3.69. The Morgan fingerprint density at radius 2 is 1.86 bits per heavy atom. The Kier molecular flexibility index (Phi) is 3.35. The van der Waals surface area contributed by atoms with Crippen molar-refractivity contribution in [3.05, 3.63) is 24.3 Å². The number of anilines is 1. The summed E-state index contributed by atoms with van der Waals surface area (Å²) in [5, 5.41) is 3.33. The van der Waals surface area contributed by atoms with Gasteiger partial charge in [0.15, 0.2) is 5.82 Å². The standard InChI is InChI=1S/C16H20N4O/c1-2-6-14-13(5-1)18-15(20-9-3-4-10-20)16(19-14)21-12-7-8-17-11-12/h1-2,5-6,12,17H,3-4,7-11H2. The second-order valence-corrected chi connectivity index (χ2v) is 5.77. The number of benzene rings is 1. The Balaban J connectivity index is 1.74. The van der Waals surface area contributed by atoms with Crippen LogP contribution in [-0.2, 0) is 0 Å². The highest BCUT2D eigenvalue weighted by molar-refractivity contribution is 5.77. The van der Waals surface area contributed by atoms with E-state index in [1.54, 1.807) is 0 Å². The van der Waals surface area contributed by atoms with Crippen molar-refractivity contribution in [2.45, 2.75) is 25.4 Å². The fourth-order valence-corrected chi connectivity index (χ4v) is 3.08. The minimum absolute atomic E-state index is 0.210. The summed E-state index contributed by atoms with van der Waals surface area (Å²) in [5.41, 5.74) is 1.85. The van der Waals surface area contributed by atoms with E-state index in [4.69, 9.17) is 14.7 Å². The number of para-hydroxylation sites is 2. The maximum Gasteiger partial charge on any atom is 0.258 e. The number of nitrogens with one attached hydrogen (secondary N) is 1. The van der Waals surface area contributed by atoms with Crippen LogP contribution in [0.5, 0.6) is 5.88 Å². The Bertz CT molecular complexity index is 633. The predicted molar refractivity (Wildman–Crippen MR) is 82.9 cm³/mol. The molecule has 2 aromatic rings. The van der Waals surface area contributed by atoms with Gasteiger partial charge in [-0.15, -0.1) is 0 Å². The molecule has 2 saturated heterocycles. The first-order valence-electron chi connectivity index (χ1n) is 7.79. The molecular formula is C16H20N4O. The molecule has 3 heterocycles. The van der Waals surface area contributed by atoms with Crippen LogP contribution in [0.1, 0.15) is 19.3 Å². The van der Waals surface area contributed by atoms with E-state index in [1.807, 2.05) is 24.3 Å². The van der Waals surface area contributed by atoms with Gasteiger partial charge in [-0.3, -0.25) is 0 Å². The van der Waals surface area contributed by atoms with Crippen LogP contribution in [-0.4, -0.2) is 42.3 Å². The highest BCUT2D eigenvalue weighted by Gasteiger charge is 2.24. The average Bonchev–Trinajstić information content (AvgIpc) is 3.20. The quantitative estimate of drug-likeness (QED) is 0.934. The molecule has 0 bridgehead atoms. The number of hydrogen-bond acceptors (Lipinski definition) is 5. The summed E-state index contributed by atoms with van der Waals surface area (Å²) < 4.78 is 6.15. The monoisotopic (exact) mass is 284 g/mol. The van der Waals surface area contributed by atoms with Gasteiger partial charge in [0.1, 0.15) is 6.10 Å². The van der Waals surface area contributed by atoms with Crippen molar-refractivity contribution >= 4 is 16.9 Å². The Labute approximate surface area is 124 Å².